The fourth-order valence-electron chi connectivity index (χ4n) is 1.54. The molecule has 0 bridgehead atoms. The first-order valence-corrected chi connectivity index (χ1v) is 5.84. The summed E-state index contributed by atoms with van der Waals surface area (Å²) in [5.74, 6) is 0.00255. The molecular weight excluding hydrogens is 267 g/mol. The molecule has 2 rings (SSSR count). The van der Waals surface area contributed by atoms with Crippen molar-refractivity contribution in [1.29, 1.82) is 5.26 Å². The van der Waals surface area contributed by atoms with E-state index in [9.17, 15) is 4.39 Å². The van der Waals surface area contributed by atoms with E-state index in [1.54, 1.807) is 18.2 Å². The highest BCUT2D eigenvalue weighted by atomic mass is 35.5. The fourth-order valence-corrected chi connectivity index (χ4v) is 1.74. The van der Waals surface area contributed by atoms with Crippen LogP contribution in [0, 0.1) is 17.1 Å². The van der Waals surface area contributed by atoms with Crippen molar-refractivity contribution in [2.24, 2.45) is 0 Å². The third-order valence-corrected chi connectivity index (χ3v) is 2.81. The topological polar surface area (TPSA) is 59.0 Å². The lowest BCUT2D eigenvalue weighted by molar-refractivity contribution is 0.308. The predicted molar refractivity (Wildman–Crippen MR) is 71.3 cm³/mol. The van der Waals surface area contributed by atoms with Gasteiger partial charge in [0.25, 0.3) is 0 Å². The molecule has 96 valence electrons. The van der Waals surface area contributed by atoms with Crippen LogP contribution < -0.4 is 10.5 Å². The summed E-state index contributed by atoms with van der Waals surface area (Å²) in [6.45, 7) is 0.218. The molecule has 0 unspecified atom stereocenters. The second-order valence-electron chi connectivity index (χ2n) is 3.90. The van der Waals surface area contributed by atoms with Crippen molar-refractivity contribution in [3.8, 4) is 11.8 Å². The van der Waals surface area contributed by atoms with Gasteiger partial charge in [0.15, 0.2) is 0 Å². The van der Waals surface area contributed by atoms with Crippen LogP contribution in [-0.2, 0) is 6.61 Å². The first-order chi connectivity index (χ1) is 9.10. The van der Waals surface area contributed by atoms with Crippen LogP contribution in [0.3, 0.4) is 0 Å². The molecular formula is C14H10ClFN2O. The standard InChI is InChI=1S/C14H10ClFN2O/c15-11-5-10(1-3-12(11)16)8-19-14-4-2-9(7-17)6-13(14)18/h1-6H,8,18H2. The van der Waals surface area contributed by atoms with Gasteiger partial charge in [0, 0.05) is 0 Å². The number of halogens is 2. The largest absolute Gasteiger partial charge is 0.487 e. The van der Waals surface area contributed by atoms with Crippen molar-refractivity contribution in [2.45, 2.75) is 6.61 Å². The molecule has 0 saturated carbocycles. The summed E-state index contributed by atoms with van der Waals surface area (Å²) in [4.78, 5) is 0. The number of nitrogen functional groups attached to an aromatic ring is 1. The number of nitrogens with zero attached hydrogens (tertiary/aromatic N) is 1. The molecule has 2 aromatic rings. The minimum atomic E-state index is -0.469. The molecule has 0 aliphatic heterocycles. The number of rotatable bonds is 3. The molecule has 0 atom stereocenters. The van der Waals surface area contributed by atoms with Crippen LogP contribution in [0.2, 0.25) is 5.02 Å². The SMILES string of the molecule is N#Cc1ccc(OCc2ccc(F)c(Cl)c2)c(N)c1. The van der Waals surface area contributed by atoms with Crippen LogP contribution in [0.15, 0.2) is 36.4 Å². The Hall–Kier alpha value is -2.25. The zero-order valence-electron chi connectivity index (χ0n) is 9.86. The zero-order valence-corrected chi connectivity index (χ0v) is 10.6. The lowest BCUT2D eigenvalue weighted by atomic mass is 10.2. The van der Waals surface area contributed by atoms with Crippen molar-refractivity contribution in [2.75, 3.05) is 5.73 Å². The maximum Gasteiger partial charge on any atom is 0.142 e. The third kappa shape index (κ3) is 3.15. The summed E-state index contributed by atoms with van der Waals surface area (Å²) in [6, 6.07) is 11.1. The third-order valence-electron chi connectivity index (χ3n) is 2.52. The molecule has 5 heteroatoms. The number of nitriles is 1. The number of nitrogens with two attached hydrogens (primary N) is 1. The number of benzene rings is 2. The van der Waals surface area contributed by atoms with Gasteiger partial charge in [-0.3, -0.25) is 0 Å². The Labute approximate surface area is 115 Å². The van der Waals surface area contributed by atoms with Gasteiger partial charge in [-0.2, -0.15) is 5.26 Å². The van der Waals surface area contributed by atoms with Crippen LogP contribution in [0.1, 0.15) is 11.1 Å². The fraction of sp³-hybridized carbons (Fsp3) is 0.0714. The second-order valence-corrected chi connectivity index (χ2v) is 4.31. The number of hydrogen-bond donors (Lipinski definition) is 1. The molecule has 2 aromatic carbocycles. The molecule has 0 heterocycles. The van der Waals surface area contributed by atoms with Gasteiger partial charge in [-0.05, 0) is 35.9 Å². The van der Waals surface area contributed by atoms with Gasteiger partial charge >= 0.3 is 0 Å². The van der Waals surface area contributed by atoms with E-state index in [-0.39, 0.29) is 11.6 Å². The molecule has 3 nitrogen and oxygen atoms in total. The van der Waals surface area contributed by atoms with Crippen LogP contribution in [0.4, 0.5) is 10.1 Å². The van der Waals surface area contributed by atoms with Crippen molar-refractivity contribution >= 4 is 17.3 Å². The Morgan fingerprint density at radius 2 is 2.05 bits per heavy atom. The van der Waals surface area contributed by atoms with E-state index in [4.69, 9.17) is 27.3 Å². The van der Waals surface area contributed by atoms with E-state index < -0.39 is 5.82 Å². The van der Waals surface area contributed by atoms with E-state index in [1.807, 2.05) is 6.07 Å². The predicted octanol–water partition coefficient (Wildman–Crippen LogP) is 3.51. The van der Waals surface area contributed by atoms with Crippen LogP contribution in [0.25, 0.3) is 0 Å². The molecule has 0 saturated heterocycles. The molecule has 0 spiro atoms. The number of ether oxygens (including phenoxy) is 1. The summed E-state index contributed by atoms with van der Waals surface area (Å²) in [5.41, 5.74) is 7.33. The quantitative estimate of drug-likeness (QED) is 0.873. The maximum atomic E-state index is 13.0. The second kappa shape index (κ2) is 5.59. The molecule has 0 aromatic heterocycles. The molecule has 0 fully saturated rings. The average Bonchev–Trinajstić information content (AvgIpc) is 2.41. The summed E-state index contributed by atoms with van der Waals surface area (Å²) >= 11 is 5.68. The number of hydrogen-bond acceptors (Lipinski definition) is 3. The van der Waals surface area contributed by atoms with E-state index >= 15 is 0 Å². The summed E-state index contributed by atoms with van der Waals surface area (Å²) in [6.07, 6.45) is 0. The zero-order chi connectivity index (χ0) is 13.8. The van der Waals surface area contributed by atoms with E-state index in [2.05, 4.69) is 0 Å². The molecule has 0 aliphatic rings. The van der Waals surface area contributed by atoms with Gasteiger partial charge in [-0.1, -0.05) is 17.7 Å². The van der Waals surface area contributed by atoms with Crippen molar-refractivity contribution < 1.29 is 9.13 Å². The van der Waals surface area contributed by atoms with Crippen LogP contribution in [0.5, 0.6) is 5.75 Å². The van der Waals surface area contributed by atoms with Gasteiger partial charge in [0.05, 0.1) is 22.3 Å². The van der Waals surface area contributed by atoms with Crippen molar-refractivity contribution in [3.63, 3.8) is 0 Å². The van der Waals surface area contributed by atoms with Gasteiger partial charge < -0.3 is 10.5 Å². The van der Waals surface area contributed by atoms with Gasteiger partial charge in [-0.25, -0.2) is 4.39 Å². The molecule has 0 radical (unpaired) electrons. The van der Waals surface area contributed by atoms with Gasteiger partial charge in [0.2, 0.25) is 0 Å². The highest BCUT2D eigenvalue weighted by molar-refractivity contribution is 6.30. The van der Waals surface area contributed by atoms with Crippen molar-refractivity contribution in [1.82, 2.24) is 0 Å². The van der Waals surface area contributed by atoms with E-state index in [0.29, 0.717) is 17.0 Å². The first-order valence-electron chi connectivity index (χ1n) is 5.46. The Morgan fingerprint density at radius 1 is 1.26 bits per heavy atom. The summed E-state index contributed by atoms with van der Waals surface area (Å²) < 4.78 is 18.5. The molecule has 19 heavy (non-hydrogen) atoms. The summed E-state index contributed by atoms with van der Waals surface area (Å²) in [7, 11) is 0. The minimum absolute atomic E-state index is 0.0499. The minimum Gasteiger partial charge on any atom is -0.487 e. The highest BCUT2D eigenvalue weighted by Gasteiger charge is 2.04. The Morgan fingerprint density at radius 3 is 2.68 bits per heavy atom. The molecule has 0 amide bonds. The highest BCUT2D eigenvalue weighted by Crippen LogP contribution is 2.24. The van der Waals surface area contributed by atoms with Crippen LogP contribution >= 0.6 is 11.6 Å². The van der Waals surface area contributed by atoms with Crippen LogP contribution in [-0.4, -0.2) is 0 Å². The molecule has 2 N–H and O–H groups in total. The Balaban J connectivity index is 2.10. The van der Waals surface area contributed by atoms with Gasteiger partial charge in [0.1, 0.15) is 18.2 Å². The first kappa shape index (κ1) is 13.2. The monoisotopic (exact) mass is 276 g/mol. The Bertz CT molecular complexity index is 652. The smallest absolute Gasteiger partial charge is 0.142 e. The number of anilines is 1. The normalized spacial score (nSPS) is 9.95. The molecule has 0 aliphatic carbocycles. The maximum absolute atomic E-state index is 13.0. The van der Waals surface area contributed by atoms with E-state index in [0.717, 1.165) is 5.56 Å². The summed E-state index contributed by atoms with van der Waals surface area (Å²) in [5, 5.41) is 8.77. The average molecular weight is 277 g/mol. The lowest BCUT2D eigenvalue weighted by Gasteiger charge is -2.09. The Kier molecular flexibility index (Phi) is 3.88. The lowest BCUT2D eigenvalue weighted by Crippen LogP contribution is -1.99. The van der Waals surface area contributed by atoms with Crippen molar-refractivity contribution in [3.05, 3.63) is 58.4 Å². The van der Waals surface area contributed by atoms with E-state index in [1.165, 1.54) is 18.2 Å². The van der Waals surface area contributed by atoms with Gasteiger partial charge in [-0.15, -0.1) is 0 Å².